The second-order valence-electron chi connectivity index (χ2n) is 3.44. The largest absolute Gasteiger partial charge is 0.481 e. The van der Waals surface area contributed by atoms with Gasteiger partial charge in [0.2, 0.25) is 0 Å². The molecule has 2 nitrogen and oxygen atoms in total. The third-order valence-corrected chi connectivity index (χ3v) is 1.69. The fraction of sp³-hybridized carbons (Fsp3) is 0.417. The summed E-state index contributed by atoms with van der Waals surface area (Å²) in [6.07, 6.45) is 7.66. The molecule has 0 amide bonds. The van der Waals surface area contributed by atoms with E-state index in [0.717, 1.165) is 12.0 Å². The van der Waals surface area contributed by atoms with Crippen LogP contribution < -0.4 is 0 Å². The Morgan fingerprint density at radius 3 is 2.57 bits per heavy atom. The van der Waals surface area contributed by atoms with Gasteiger partial charge in [-0.05, 0) is 26.7 Å². The maximum Gasteiger partial charge on any atom is 0.303 e. The number of allylic oxidation sites excluding steroid dienone is 5. The van der Waals surface area contributed by atoms with Crippen molar-refractivity contribution in [3.8, 4) is 0 Å². The molecule has 78 valence electrons. The van der Waals surface area contributed by atoms with Gasteiger partial charge in [0.1, 0.15) is 0 Å². The predicted octanol–water partition coefficient (Wildman–Crippen LogP) is 3.32. The number of carboxylic acid groups (broad SMARTS) is 1. The summed E-state index contributed by atoms with van der Waals surface area (Å²) in [5, 5.41) is 8.42. The molecular formula is C12H18O2. The van der Waals surface area contributed by atoms with Gasteiger partial charge < -0.3 is 5.11 Å². The number of carboxylic acids is 1. The van der Waals surface area contributed by atoms with Crippen molar-refractivity contribution in [1.29, 1.82) is 0 Å². The summed E-state index contributed by atoms with van der Waals surface area (Å²) in [4.78, 5) is 10.2. The molecule has 1 N–H and O–H groups in total. The first kappa shape index (κ1) is 12.7. The molecule has 0 bridgehead atoms. The first-order chi connectivity index (χ1) is 6.52. The van der Waals surface area contributed by atoms with Crippen molar-refractivity contribution in [1.82, 2.24) is 0 Å². The van der Waals surface area contributed by atoms with Crippen molar-refractivity contribution in [3.05, 3.63) is 36.0 Å². The normalized spacial score (nSPS) is 12.0. The van der Waals surface area contributed by atoms with E-state index in [1.54, 1.807) is 0 Å². The number of hydrogen-bond donors (Lipinski definition) is 1. The third kappa shape index (κ3) is 8.78. The highest BCUT2D eigenvalue weighted by Gasteiger charge is 1.93. The smallest absolute Gasteiger partial charge is 0.303 e. The van der Waals surface area contributed by atoms with E-state index in [-0.39, 0.29) is 6.42 Å². The van der Waals surface area contributed by atoms with E-state index < -0.39 is 5.97 Å². The standard InChI is InChI=1S/C12H18O2/c1-10(2)6-4-7-11(3)8-5-9-12(13)14/h4,6,8H,1,5,7,9H2,2-3H3,(H,13,14)/b6-4+,11-8+. The molecule has 0 aliphatic heterocycles. The molecule has 0 atom stereocenters. The van der Waals surface area contributed by atoms with E-state index in [1.807, 2.05) is 32.1 Å². The summed E-state index contributed by atoms with van der Waals surface area (Å²) in [5.74, 6) is -0.744. The molecule has 0 saturated carbocycles. The van der Waals surface area contributed by atoms with Crippen LogP contribution in [0.3, 0.4) is 0 Å². The second-order valence-corrected chi connectivity index (χ2v) is 3.44. The summed E-state index contributed by atoms with van der Waals surface area (Å²) in [7, 11) is 0. The lowest BCUT2D eigenvalue weighted by Gasteiger charge is -1.95. The molecule has 0 aromatic carbocycles. The molecule has 0 spiro atoms. The molecule has 0 aliphatic rings. The van der Waals surface area contributed by atoms with Gasteiger partial charge in [-0.25, -0.2) is 0 Å². The Bertz CT molecular complexity index is 259. The minimum absolute atomic E-state index is 0.210. The summed E-state index contributed by atoms with van der Waals surface area (Å²) in [6.45, 7) is 7.70. The van der Waals surface area contributed by atoms with Crippen LogP contribution in [0.25, 0.3) is 0 Å². The fourth-order valence-corrected chi connectivity index (χ4v) is 0.971. The van der Waals surface area contributed by atoms with E-state index in [0.29, 0.717) is 6.42 Å². The lowest BCUT2D eigenvalue weighted by molar-refractivity contribution is -0.136. The maximum atomic E-state index is 10.2. The molecule has 0 fully saturated rings. The van der Waals surface area contributed by atoms with E-state index in [2.05, 4.69) is 6.58 Å². The van der Waals surface area contributed by atoms with E-state index >= 15 is 0 Å². The zero-order chi connectivity index (χ0) is 11.0. The summed E-state index contributed by atoms with van der Waals surface area (Å²) in [5.41, 5.74) is 2.23. The van der Waals surface area contributed by atoms with Gasteiger partial charge >= 0.3 is 5.97 Å². The second kappa shape index (κ2) is 7.13. The van der Waals surface area contributed by atoms with Crippen LogP contribution >= 0.6 is 0 Å². The zero-order valence-electron chi connectivity index (χ0n) is 8.92. The molecule has 0 aromatic rings. The van der Waals surface area contributed by atoms with Crippen molar-refractivity contribution >= 4 is 5.97 Å². The van der Waals surface area contributed by atoms with Crippen LogP contribution in [0.1, 0.15) is 33.1 Å². The number of aliphatic carboxylic acids is 1. The average molecular weight is 194 g/mol. The summed E-state index contributed by atoms with van der Waals surface area (Å²) in [6, 6.07) is 0. The fourth-order valence-electron chi connectivity index (χ4n) is 0.971. The highest BCUT2D eigenvalue weighted by molar-refractivity contribution is 5.66. The summed E-state index contributed by atoms with van der Waals surface area (Å²) < 4.78 is 0. The molecule has 0 heterocycles. The van der Waals surface area contributed by atoms with Gasteiger partial charge in [0.15, 0.2) is 0 Å². The van der Waals surface area contributed by atoms with Crippen LogP contribution in [-0.4, -0.2) is 11.1 Å². The SMILES string of the molecule is C=C(C)/C=C/C/C(C)=C/CCC(=O)O. The first-order valence-electron chi connectivity index (χ1n) is 4.72. The minimum Gasteiger partial charge on any atom is -0.481 e. The molecule has 0 unspecified atom stereocenters. The van der Waals surface area contributed by atoms with Gasteiger partial charge in [-0.2, -0.15) is 0 Å². The molecule has 14 heavy (non-hydrogen) atoms. The number of hydrogen-bond acceptors (Lipinski definition) is 1. The Kier molecular flexibility index (Phi) is 6.46. The lowest BCUT2D eigenvalue weighted by Crippen LogP contribution is -1.92. The van der Waals surface area contributed by atoms with Crippen molar-refractivity contribution in [3.63, 3.8) is 0 Å². The quantitative estimate of drug-likeness (QED) is 0.520. The Morgan fingerprint density at radius 2 is 2.07 bits per heavy atom. The molecule has 0 radical (unpaired) electrons. The van der Waals surface area contributed by atoms with Gasteiger partial charge in [-0.15, -0.1) is 0 Å². The lowest BCUT2D eigenvalue weighted by atomic mass is 10.1. The predicted molar refractivity (Wildman–Crippen MR) is 59.2 cm³/mol. The molecule has 0 saturated heterocycles. The first-order valence-corrected chi connectivity index (χ1v) is 4.72. The van der Waals surface area contributed by atoms with Gasteiger partial charge in [-0.3, -0.25) is 4.79 Å². The van der Waals surface area contributed by atoms with Crippen molar-refractivity contribution < 1.29 is 9.90 Å². The Labute approximate surface area is 85.6 Å². The van der Waals surface area contributed by atoms with Gasteiger partial charge in [0.05, 0.1) is 0 Å². The minimum atomic E-state index is -0.744. The Balaban J connectivity index is 3.77. The molecular weight excluding hydrogens is 176 g/mol. The average Bonchev–Trinajstić information content (AvgIpc) is 2.02. The van der Waals surface area contributed by atoms with Crippen molar-refractivity contribution in [2.45, 2.75) is 33.1 Å². The Hall–Kier alpha value is -1.31. The molecule has 0 aromatic heterocycles. The van der Waals surface area contributed by atoms with Crippen LogP contribution in [0, 0.1) is 0 Å². The molecule has 0 aliphatic carbocycles. The van der Waals surface area contributed by atoms with Crippen LogP contribution in [0.15, 0.2) is 36.0 Å². The number of carbonyl (C=O) groups is 1. The van der Waals surface area contributed by atoms with Crippen molar-refractivity contribution in [2.24, 2.45) is 0 Å². The van der Waals surface area contributed by atoms with Gasteiger partial charge in [0.25, 0.3) is 0 Å². The molecule has 2 heteroatoms. The van der Waals surface area contributed by atoms with Crippen LogP contribution in [0.5, 0.6) is 0 Å². The zero-order valence-corrected chi connectivity index (χ0v) is 8.92. The topological polar surface area (TPSA) is 37.3 Å². The highest BCUT2D eigenvalue weighted by atomic mass is 16.4. The van der Waals surface area contributed by atoms with E-state index in [1.165, 1.54) is 5.57 Å². The summed E-state index contributed by atoms with van der Waals surface area (Å²) >= 11 is 0. The van der Waals surface area contributed by atoms with Crippen LogP contribution in [0.4, 0.5) is 0 Å². The highest BCUT2D eigenvalue weighted by Crippen LogP contribution is 2.05. The van der Waals surface area contributed by atoms with E-state index in [4.69, 9.17) is 5.11 Å². The van der Waals surface area contributed by atoms with Crippen LogP contribution in [0.2, 0.25) is 0 Å². The maximum absolute atomic E-state index is 10.2. The third-order valence-electron chi connectivity index (χ3n) is 1.69. The van der Waals surface area contributed by atoms with E-state index in [9.17, 15) is 4.79 Å². The van der Waals surface area contributed by atoms with Crippen molar-refractivity contribution in [2.75, 3.05) is 0 Å². The number of rotatable bonds is 6. The van der Waals surface area contributed by atoms with Crippen LogP contribution in [-0.2, 0) is 4.79 Å². The van der Waals surface area contributed by atoms with Gasteiger partial charge in [-0.1, -0.05) is 36.0 Å². The Morgan fingerprint density at radius 1 is 1.43 bits per heavy atom. The van der Waals surface area contributed by atoms with Gasteiger partial charge in [0, 0.05) is 6.42 Å². The monoisotopic (exact) mass is 194 g/mol. The molecule has 0 rings (SSSR count).